The summed E-state index contributed by atoms with van der Waals surface area (Å²) in [6.07, 6.45) is 1.52. The van der Waals surface area contributed by atoms with Crippen molar-refractivity contribution in [2.45, 2.75) is 12.5 Å². The van der Waals surface area contributed by atoms with Gasteiger partial charge in [-0.25, -0.2) is 5.10 Å². The number of aromatic nitrogens is 2. The van der Waals surface area contributed by atoms with Crippen LogP contribution in [0.25, 0.3) is 0 Å². The van der Waals surface area contributed by atoms with Gasteiger partial charge in [-0.3, -0.25) is 4.79 Å². The number of rotatable bonds is 2. The molecular formula is C8H11ClN4O. The van der Waals surface area contributed by atoms with Crippen molar-refractivity contribution in [1.82, 2.24) is 15.5 Å². The number of hydrogen-bond acceptors (Lipinski definition) is 4. The summed E-state index contributed by atoms with van der Waals surface area (Å²) in [5, 5.41) is 12.4. The minimum absolute atomic E-state index is 0.0287. The van der Waals surface area contributed by atoms with Crippen molar-refractivity contribution >= 4 is 17.3 Å². The van der Waals surface area contributed by atoms with E-state index in [-0.39, 0.29) is 16.1 Å². The molecule has 0 saturated carbocycles. The molecule has 1 fully saturated rings. The molecule has 5 nitrogen and oxygen atoms in total. The van der Waals surface area contributed by atoms with Gasteiger partial charge in [0.05, 0.1) is 17.4 Å². The van der Waals surface area contributed by atoms with Crippen LogP contribution in [0.5, 0.6) is 0 Å². The number of hydrogen-bond donors (Lipinski definition) is 3. The first kappa shape index (κ1) is 9.48. The first-order chi connectivity index (χ1) is 6.61. The molecule has 0 spiro atoms. The zero-order chi connectivity index (χ0) is 10.2. The van der Waals surface area contributed by atoms with E-state index in [1.165, 1.54) is 6.20 Å². The van der Waals surface area contributed by atoms with E-state index in [0.717, 1.165) is 13.1 Å². The van der Waals surface area contributed by atoms with Gasteiger partial charge in [0.2, 0.25) is 0 Å². The summed E-state index contributed by atoms with van der Waals surface area (Å²) in [4.78, 5) is 11.1. The van der Waals surface area contributed by atoms with Crippen molar-refractivity contribution in [1.29, 1.82) is 0 Å². The third-order valence-corrected chi connectivity index (χ3v) is 2.64. The molecule has 1 aliphatic rings. The molecule has 76 valence electrons. The van der Waals surface area contributed by atoms with E-state index in [4.69, 9.17) is 11.6 Å². The summed E-state index contributed by atoms with van der Waals surface area (Å²) in [5.74, 6) is 0. The second-order valence-corrected chi connectivity index (χ2v) is 4.09. The monoisotopic (exact) mass is 214 g/mol. The summed E-state index contributed by atoms with van der Waals surface area (Å²) >= 11 is 5.81. The van der Waals surface area contributed by atoms with Gasteiger partial charge in [-0.15, -0.1) is 0 Å². The van der Waals surface area contributed by atoms with Crippen molar-refractivity contribution in [3.63, 3.8) is 0 Å². The summed E-state index contributed by atoms with van der Waals surface area (Å²) in [7, 11) is 0. The molecule has 1 aromatic rings. The van der Waals surface area contributed by atoms with Gasteiger partial charge in [-0.1, -0.05) is 11.6 Å². The lowest BCUT2D eigenvalue weighted by molar-refractivity contribution is 0.338. The van der Waals surface area contributed by atoms with E-state index in [2.05, 4.69) is 27.8 Å². The largest absolute Gasteiger partial charge is 0.375 e. The Hall–Kier alpha value is -1.07. The lowest BCUT2D eigenvalue weighted by atomic mass is 9.95. The van der Waals surface area contributed by atoms with Gasteiger partial charge in [-0.2, -0.15) is 5.10 Å². The molecule has 0 aromatic carbocycles. The van der Waals surface area contributed by atoms with E-state index in [0.29, 0.717) is 5.69 Å². The van der Waals surface area contributed by atoms with E-state index in [1.54, 1.807) is 0 Å². The fourth-order valence-electron chi connectivity index (χ4n) is 1.38. The lowest BCUT2D eigenvalue weighted by Gasteiger charge is -2.40. The average Bonchev–Trinajstić information content (AvgIpc) is 2.10. The van der Waals surface area contributed by atoms with Crippen LogP contribution in [0.2, 0.25) is 5.02 Å². The summed E-state index contributed by atoms with van der Waals surface area (Å²) in [5.41, 5.74) is 0.186. The van der Waals surface area contributed by atoms with Crippen molar-refractivity contribution in [3.8, 4) is 0 Å². The zero-order valence-corrected chi connectivity index (χ0v) is 8.48. The molecule has 6 heteroatoms. The quantitative estimate of drug-likeness (QED) is 0.658. The van der Waals surface area contributed by atoms with Crippen LogP contribution < -0.4 is 16.2 Å². The van der Waals surface area contributed by atoms with Gasteiger partial charge in [0.1, 0.15) is 5.02 Å². The van der Waals surface area contributed by atoms with E-state index < -0.39 is 0 Å². The molecule has 14 heavy (non-hydrogen) atoms. The standard InChI is InChI=1S/C8H11ClN4O/c1-8(3-10-4-8)12-5-2-11-13-7(14)6(5)9/h2,10H,3-4H2,1H3,(H2,12,13,14). The molecule has 1 saturated heterocycles. The van der Waals surface area contributed by atoms with Crippen molar-refractivity contribution < 1.29 is 0 Å². The Kier molecular flexibility index (Phi) is 2.20. The maximum atomic E-state index is 11.1. The van der Waals surface area contributed by atoms with Crippen molar-refractivity contribution in [2.24, 2.45) is 0 Å². The van der Waals surface area contributed by atoms with Gasteiger partial charge in [-0.05, 0) is 6.92 Å². The van der Waals surface area contributed by atoms with Crippen molar-refractivity contribution in [2.75, 3.05) is 18.4 Å². The second-order valence-electron chi connectivity index (χ2n) is 3.72. The van der Waals surface area contributed by atoms with Gasteiger partial charge < -0.3 is 10.6 Å². The molecule has 1 aliphatic heterocycles. The topological polar surface area (TPSA) is 69.8 Å². The third-order valence-electron chi connectivity index (χ3n) is 2.26. The van der Waals surface area contributed by atoms with Gasteiger partial charge in [0.25, 0.3) is 5.56 Å². The maximum Gasteiger partial charge on any atom is 0.285 e. The molecule has 0 bridgehead atoms. The van der Waals surface area contributed by atoms with Crippen molar-refractivity contribution in [3.05, 3.63) is 21.6 Å². The molecule has 0 unspecified atom stereocenters. The highest BCUT2D eigenvalue weighted by atomic mass is 35.5. The number of nitrogens with one attached hydrogen (secondary N) is 3. The fourth-order valence-corrected chi connectivity index (χ4v) is 1.52. The summed E-state index contributed by atoms with van der Waals surface area (Å²) in [6.45, 7) is 3.77. The number of nitrogens with zero attached hydrogens (tertiary/aromatic N) is 1. The number of halogens is 1. The van der Waals surface area contributed by atoms with Crippen LogP contribution >= 0.6 is 11.6 Å². The maximum absolute atomic E-state index is 11.1. The predicted octanol–water partition coefficient (Wildman–Crippen LogP) is 0.197. The Balaban J connectivity index is 2.24. The summed E-state index contributed by atoms with van der Waals surface area (Å²) in [6, 6.07) is 0. The minimum Gasteiger partial charge on any atom is -0.375 e. The van der Waals surface area contributed by atoms with E-state index in [1.807, 2.05) is 0 Å². The molecule has 0 radical (unpaired) electrons. The van der Waals surface area contributed by atoms with Gasteiger partial charge >= 0.3 is 0 Å². The first-order valence-corrected chi connectivity index (χ1v) is 4.71. The average molecular weight is 215 g/mol. The van der Waals surface area contributed by atoms with E-state index >= 15 is 0 Å². The second kappa shape index (κ2) is 3.25. The fraction of sp³-hybridized carbons (Fsp3) is 0.500. The summed E-state index contributed by atoms with van der Waals surface area (Å²) < 4.78 is 0. The molecule has 2 rings (SSSR count). The minimum atomic E-state index is -0.368. The molecule has 0 amide bonds. The highest BCUT2D eigenvalue weighted by Gasteiger charge is 2.31. The lowest BCUT2D eigenvalue weighted by Crippen LogP contribution is -2.62. The molecule has 2 heterocycles. The van der Waals surface area contributed by atoms with E-state index in [9.17, 15) is 4.79 Å². The third kappa shape index (κ3) is 1.60. The van der Waals surface area contributed by atoms with Crippen LogP contribution in [0, 0.1) is 0 Å². The first-order valence-electron chi connectivity index (χ1n) is 4.33. The highest BCUT2D eigenvalue weighted by molar-refractivity contribution is 6.32. The molecule has 1 aromatic heterocycles. The highest BCUT2D eigenvalue weighted by Crippen LogP contribution is 2.22. The molecule has 0 atom stereocenters. The molecule has 3 N–H and O–H groups in total. The van der Waals surface area contributed by atoms with Gasteiger partial charge in [0.15, 0.2) is 0 Å². The van der Waals surface area contributed by atoms with Crippen LogP contribution in [0.3, 0.4) is 0 Å². The smallest absolute Gasteiger partial charge is 0.285 e. The molecular weight excluding hydrogens is 204 g/mol. The molecule has 0 aliphatic carbocycles. The zero-order valence-electron chi connectivity index (χ0n) is 7.72. The van der Waals surface area contributed by atoms with Crippen LogP contribution in [0.15, 0.2) is 11.0 Å². The van der Waals surface area contributed by atoms with Gasteiger partial charge in [0, 0.05) is 13.1 Å². The van der Waals surface area contributed by atoms with Crippen LogP contribution in [0.4, 0.5) is 5.69 Å². The Morgan fingerprint density at radius 1 is 1.64 bits per heavy atom. The Morgan fingerprint density at radius 3 is 2.93 bits per heavy atom. The number of H-pyrrole nitrogens is 1. The van der Waals surface area contributed by atoms with Crippen LogP contribution in [-0.2, 0) is 0 Å². The normalized spacial score (nSPS) is 18.7. The van der Waals surface area contributed by atoms with Crippen LogP contribution in [-0.4, -0.2) is 28.8 Å². The SMILES string of the molecule is CC1(Nc2cn[nH]c(=O)c2Cl)CNC1. The van der Waals surface area contributed by atoms with Crippen LogP contribution in [0.1, 0.15) is 6.92 Å². The number of anilines is 1. The Labute approximate surface area is 85.9 Å². The number of aromatic amines is 1. The Bertz CT molecular complexity index is 399. The predicted molar refractivity (Wildman–Crippen MR) is 54.8 cm³/mol. The Morgan fingerprint density at radius 2 is 2.36 bits per heavy atom.